The predicted octanol–water partition coefficient (Wildman–Crippen LogP) is 1.64. The van der Waals surface area contributed by atoms with Crippen LogP contribution in [0.2, 0.25) is 0 Å². The molecule has 2 N–H and O–H groups in total. The summed E-state index contributed by atoms with van der Waals surface area (Å²) in [6.45, 7) is 7.62. The van der Waals surface area contributed by atoms with E-state index >= 15 is 0 Å². The second kappa shape index (κ2) is 9.59. The zero-order chi connectivity index (χ0) is 15.9. The van der Waals surface area contributed by atoms with Crippen LogP contribution in [0.25, 0.3) is 0 Å². The Hall–Kier alpha value is -1.39. The first-order valence-corrected chi connectivity index (χ1v) is 6.57. The monoisotopic (exact) mass is 476 g/mol. The second-order valence-electron chi connectivity index (χ2n) is 5.41. The first-order chi connectivity index (χ1) is 9.87. The summed E-state index contributed by atoms with van der Waals surface area (Å²) in [7, 11) is 0. The first-order valence-electron chi connectivity index (χ1n) is 6.57. The number of carbonyl (C=O) groups is 1. The summed E-state index contributed by atoms with van der Waals surface area (Å²) in [5, 5.41) is 0. The van der Waals surface area contributed by atoms with Crippen molar-refractivity contribution in [2.75, 3.05) is 18.0 Å². The molecule has 1 aliphatic heterocycles. The molecule has 6 nitrogen and oxygen atoms in total. The fourth-order valence-corrected chi connectivity index (χ4v) is 1.54. The molecule has 1 aliphatic rings. The van der Waals surface area contributed by atoms with Gasteiger partial charge in [0.25, 0.3) is 0 Å². The Balaban J connectivity index is 0.000000478. The molecule has 0 aliphatic carbocycles. The van der Waals surface area contributed by atoms with Gasteiger partial charge in [0.1, 0.15) is 6.10 Å². The van der Waals surface area contributed by atoms with Gasteiger partial charge in [-0.05, 0) is 20.8 Å². The Bertz CT molecular complexity index is 462. The Morgan fingerprint density at radius 3 is 2.41 bits per heavy atom. The summed E-state index contributed by atoms with van der Waals surface area (Å²) >= 11 is 0. The quantitative estimate of drug-likeness (QED) is 0.672. The van der Waals surface area contributed by atoms with Crippen LogP contribution in [-0.4, -0.2) is 37.4 Å². The molecule has 7 heteroatoms. The summed E-state index contributed by atoms with van der Waals surface area (Å²) in [5.41, 5.74) is 5.88. The number of ether oxygens (including phenoxy) is 2. The Kier molecular flexibility index (Phi) is 8.98. The molecule has 0 spiro atoms. The predicted molar refractivity (Wildman–Crippen MR) is 78.5 cm³/mol. The Morgan fingerprint density at radius 1 is 1.45 bits per heavy atom. The van der Waals surface area contributed by atoms with Crippen molar-refractivity contribution >= 4 is 18.3 Å². The normalized spacial score (nSPS) is 16.8. The molecule has 0 bridgehead atoms. The number of rotatable bonds is 3. The van der Waals surface area contributed by atoms with E-state index < -0.39 is 0 Å². The summed E-state index contributed by atoms with van der Waals surface area (Å²) in [4.78, 5) is 22.4. The number of nitrogens with zero attached hydrogens (tertiary/aromatic N) is 1. The molecule has 1 aromatic rings. The van der Waals surface area contributed by atoms with E-state index in [1.54, 1.807) is 37.8 Å². The van der Waals surface area contributed by atoms with Crippen molar-refractivity contribution < 1.29 is 40.1 Å². The van der Waals surface area contributed by atoms with Crippen molar-refractivity contribution in [1.29, 1.82) is 0 Å². The van der Waals surface area contributed by atoms with Crippen molar-refractivity contribution in [2.45, 2.75) is 32.5 Å². The molecule has 0 aromatic heterocycles. The molecule has 1 amide bonds. The first kappa shape index (κ1) is 20.6. The van der Waals surface area contributed by atoms with Crippen LogP contribution < -0.4 is 10.6 Å². The van der Waals surface area contributed by atoms with Crippen LogP contribution in [-0.2, 0) is 35.3 Å². The molecule has 0 unspecified atom stereocenters. The molecular formula is C15H20N2O4W. The van der Waals surface area contributed by atoms with Gasteiger partial charge in [0, 0.05) is 6.54 Å². The summed E-state index contributed by atoms with van der Waals surface area (Å²) in [6, 6.07) is 10.1. The average molecular weight is 476 g/mol. The van der Waals surface area contributed by atoms with Crippen molar-refractivity contribution in [3.63, 3.8) is 0 Å². The van der Waals surface area contributed by atoms with E-state index in [9.17, 15) is 9.59 Å². The molecule has 1 heterocycles. The van der Waals surface area contributed by atoms with Gasteiger partial charge in [-0.3, -0.25) is 4.90 Å². The Labute approximate surface area is 145 Å². The minimum absolute atomic E-state index is 0. The van der Waals surface area contributed by atoms with Crippen LogP contribution in [0, 0.1) is 6.07 Å². The smallest absolute Gasteiger partial charge is 0.649 e. The van der Waals surface area contributed by atoms with Crippen molar-refractivity contribution in [3.8, 4) is 0 Å². The fourth-order valence-electron chi connectivity index (χ4n) is 1.54. The maximum atomic E-state index is 11.4. The third-order valence-electron chi connectivity index (χ3n) is 2.50. The molecule has 1 fully saturated rings. The van der Waals surface area contributed by atoms with E-state index in [4.69, 9.17) is 10.5 Å². The molecule has 0 radical (unpaired) electrons. The molecule has 1 aromatic carbocycles. The van der Waals surface area contributed by atoms with E-state index in [0.29, 0.717) is 13.1 Å². The van der Waals surface area contributed by atoms with E-state index in [1.165, 1.54) is 6.47 Å². The molecule has 120 valence electrons. The maximum Gasteiger partial charge on any atom is 2.00 e. The van der Waals surface area contributed by atoms with Gasteiger partial charge in [-0.1, -0.05) is 12.2 Å². The molecule has 1 saturated heterocycles. The molecule has 22 heavy (non-hydrogen) atoms. The Morgan fingerprint density at radius 2 is 2.05 bits per heavy atom. The zero-order valence-corrected chi connectivity index (χ0v) is 15.8. The summed E-state index contributed by atoms with van der Waals surface area (Å²) in [5.74, 6) is 0. The van der Waals surface area contributed by atoms with E-state index in [1.807, 2.05) is 12.1 Å². The van der Waals surface area contributed by atoms with Gasteiger partial charge in [0.15, 0.2) is 0 Å². The van der Waals surface area contributed by atoms with Crippen LogP contribution >= 0.6 is 0 Å². The van der Waals surface area contributed by atoms with Crippen LogP contribution in [0.3, 0.4) is 0 Å². The molecule has 0 saturated carbocycles. The van der Waals surface area contributed by atoms with Crippen LogP contribution in [0.1, 0.15) is 20.8 Å². The van der Waals surface area contributed by atoms with Gasteiger partial charge in [-0.15, -0.1) is 12.1 Å². The number of amides is 1. The minimum Gasteiger partial charge on any atom is -0.649 e. The van der Waals surface area contributed by atoms with Crippen molar-refractivity contribution in [1.82, 2.24) is 0 Å². The third kappa shape index (κ3) is 7.05. The van der Waals surface area contributed by atoms with Gasteiger partial charge in [0.05, 0.1) is 12.1 Å². The number of hydrogen-bond donors (Lipinski definition) is 1. The van der Waals surface area contributed by atoms with Crippen LogP contribution in [0.4, 0.5) is 10.5 Å². The van der Waals surface area contributed by atoms with Crippen LogP contribution in [0.15, 0.2) is 24.3 Å². The molecular weight excluding hydrogens is 456 g/mol. The topological polar surface area (TPSA) is 81.9 Å². The maximum absolute atomic E-state index is 11.4. The number of cyclic esters (lactones) is 1. The standard InChI is InChI=1S/C10H11N2O2.C5H9O2.W/c11-6-9-7-12(10(13)14-9)8-4-2-1-3-5-8;1-5(2,3)7-4-6;/h2-5,9H,6-7,11H2;1-3H3;/q2*-1;+2/t9-;;/m0../s1. The minimum atomic E-state index is -0.373. The molecule has 2 rings (SSSR count). The summed E-state index contributed by atoms with van der Waals surface area (Å²) < 4.78 is 9.45. The summed E-state index contributed by atoms with van der Waals surface area (Å²) in [6.07, 6.45) is -0.515. The number of hydrogen-bond acceptors (Lipinski definition) is 5. The molecule has 1 atom stereocenters. The van der Waals surface area contributed by atoms with Crippen molar-refractivity contribution in [2.24, 2.45) is 5.73 Å². The third-order valence-corrected chi connectivity index (χ3v) is 2.50. The van der Waals surface area contributed by atoms with Crippen molar-refractivity contribution in [3.05, 3.63) is 30.3 Å². The number of nitrogens with two attached hydrogens (primary N) is 1. The number of carbonyl (C=O) groups excluding carboxylic acids is 2. The SMILES string of the molecule is CC(C)(C)O[C-]=O.NC[C@H]1CN(c2cc[c-]cc2)C(=O)O1.[W+2]. The second-order valence-corrected chi connectivity index (χ2v) is 5.41. The van der Waals surface area contributed by atoms with Gasteiger partial charge in [-0.25, -0.2) is 4.79 Å². The van der Waals surface area contributed by atoms with Gasteiger partial charge in [-0.2, -0.15) is 18.2 Å². The average Bonchev–Trinajstić information content (AvgIpc) is 2.80. The number of anilines is 1. The number of benzene rings is 1. The van der Waals surface area contributed by atoms with Gasteiger partial charge >= 0.3 is 27.2 Å². The van der Waals surface area contributed by atoms with E-state index in [2.05, 4.69) is 10.8 Å². The van der Waals surface area contributed by atoms with E-state index in [0.717, 1.165) is 5.69 Å². The van der Waals surface area contributed by atoms with Gasteiger partial charge < -0.3 is 20.0 Å². The fraction of sp³-hybridized carbons (Fsp3) is 0.467. The van der Waals surface area contributed by atoms with E-state index in [-0.39, 0.29) is 38.9 Å². The van der Waals surface area contributed by atoms with Gasteiger partial charge in [0.2, 0.25) is 0 Å². The zero-order valence-electron chi connectivity index (χ0n) is 12.9. The van der Waals surface area contributed by atoms with Crippen LogP contribution in [0.5, 0.6) is 0 Å². The largest absolute Gasteiger partial charge is 2.00 e.